The van der Waals surface area contributed by atoms with E-state index in [1.807, 2.05) is 74.8 Å². The maximum atomic E-state index is 14.0. The molecule has 384 valence electrons. The minimum Gasteiger partial charge on any atom is -0.490 e. The Morgan fingerprint density at radius 3 is 2.39 bits per heavy atom. The van der Waals surface area contributed by atoms with Gasteiger partial charge in [0.25, 0.3) is 0 Å². The fourth-order valence-electron chi connectivity index (χ4n) is 10.4. The Kier molecular flexibility index (Phi) is 16.1. The van der Waals surface area contributed by atoms with Crippen LogP contribution >= 0.6 is 34.7 Å². The van der Waals surface area contributed by atoms with E-state index in [-0.39, 0.29) is 60.6 Å². The first-order valence-electron chi connectivity index (χ1n) is 25.3. The van der Waals surface area contributed by atoms with Crippen molar-refractivity contribution in [3.63, 3.8) is 0 Å². The van der Waals surface area contributed by atoms with E-state index in [1.165, 1.54) is 16.7 Å². The number of carbonyl (C=O) groups excluding carboxylic acids is 3. The van der Waals surface area contributed by atoms with Crippen LogP contribution in [0.15, 0.2) is 70.7 Å². The lowest BCUT2D eigenvalue weighted by Crippen LogP contribution is -2.49. The van der Waals surface area contributed by atoms with Gasteiger partial charge in [-0.1, -0.05) is 56.3 Å². The van der Waals surface area contributed by atoms with Crippen molar-refractivity contribution in [3.05, 3.63) is 82.6 Å². The molecule has 17 nitrogen and oxygen atoms in total. The molecule has 3 atom stereocenters. The molecule has 9 rings (SSSR count). The highest BCUT2D eigenvalue weighted by Crippen LogP contribution is 2.40. The number of β-amino-alcohol motifs (C(OH)–C–C–N with tert-alkyl or cyclic N) is 1. The number of likely N-dealkylation sites (tertiary alicyclic amines) is 2. The Morgan fingerprint density at radius 1 is 0.972 bits per heavy atom. The summed E-state index contributed by atoms with van der Waals surface area (Å²) in [5.41, 5.74) is 11.6. The number of aryl methyl sites for hydroxylation is 2. The summed E-state index contributed by atoms with van der Waals surface area (Å²) in [5.74, 6) is 1.64. The Bertz CT molecular complexity index is 2700. The number of anilines is 2. The number of benzene rings is 1. The summed E-state index contributed by atoms with van der Waals surface area (Å²) in [5, 5.41) is 19.5. The van der Waals surface area contributed by atoms with Crippen LogP contribution in [0.5, 0.6) is 5.75 Å². The zero-order valence-corrected chi connectivity index (χ0v) is 44.3. The van der Waals surface area contributed by atoms with Gasteiger partial charge in [0, 0.05) is 100 Å². The summed E-state index contributed by atoms with van der Waals surface area (Å²) >= 11 is 10.0. The average molecular weight is 1040 g/mol. The zero-order chi connectivity index (χ0) is 50.7. The number of hydrogen-bond donors (Lipinski definition) is 3. The van der Waals surface area contributed by atoms with Crippen LogP contribution in [0, 0.1) is 31.1 Å². The van der Waals surface area contributed by atoms with Gasteiger partial charge in [-0.05, 0) is 80.7 Å². The first kappa shape index (κ1) is 51.6. The number of thiazole rings is 1. The van der Waals surface area contributed by atoms with E-state index in [0.29, 0.717) is 75.0 Å². The fourth-order valence-corrected chi connectivity index (χ4v) is 12.3. The maximum Gasteiger partial charge on any atom is 0.248 e. The van der Waals surface area contributed by atoms with Crippen molar-refractivity contribution in [2.45, 2.75) is 120 Å². The molecule has 4 aromatic heterocycles. The van der Waals surface area contributed by atoms with Gasteiger partial charge in [-0.15, -0.1) is 11.3 Å². The van der Waals surface area contributed by atoms with Crippen LogP contribution in [0.1, 0.15) is 88.6 Å². The number of halogens is 1. The van der Waals surface area contributed by atoms with Gasteiger partial charge in [0.15, 0.2) is 0 Å². The maximum absolute atomic E-state index is 14.0. The average Bonchev–Trinajstić information content (AvgIpc) is 4.13. The van der Waals surface area contributed by atoms with Crippen molar-refractivity contribution in [2.75, 3.05) is 62.2 Å². The largest absolute Gasteiger partial charge is 0.490 e. The summed E-state index contributed by atoms with van der Waals surface area (Å²) in [4.78, 5) is 70.4. The summed E-state index contributed by atoms with van der Waals surface area (Å²) in [6, 6.07) is 6.45. The predicted molar refractivity (Wildman–Crippen MR) is 280 cm³/mol. The second kappa shape index (κ2) is 22.4. The molecule has 72 heavy (non-hydrogen) atoms. The Hall–Kier alpha value is -5.34. The highest BCUT2D eigenvalue weighted by atomic mass is 35.5. The highest BCUT2D eigenvalue weighted by molar-refractivity contribution is 7.99. The van der Waals surface area contributed by atoms with Gasteiger partial charge in [0.1, 0.15) is 40.6 Å². The minimum absolute atomic E-state index is 0.0709. The van der Waals surface area contributed by atoms with Gasteiger partial charge in [0.05, 0.1) is 45.8 Å². The number of piperidine rings is 3. The van der Waals surface area contributed by atoms with E-state index in [2.05, 4.69) is 37.1 Å². The molecule has 4 aliphatic heterocycles. The van der Waals surface area contributed by atoms with Gasteiger partial charge in [-0.3, -0.25) is 19.1 Å². The second-order valence-corrected chi connectivity index (χ2v) is 22.9. The van der Waals surface area contributed by atoms with E-state index in [9.17, 15) is 19.5 Å². The molecule has 0 unspecified atom stereocenters. The van der Waals surface area contributed by atoms with E-state index < -0.39 is 18.2 Å². The number of amides is 3. The van der Waals surface area contributed by atoms with Crippen LogP contribution in [-0.4, -0.2) is 133 Å². The van der Waals surface area contributed by atoms with Crippen LogP contribution in [0.25, 0.3) is 10.4 Å². The van der Waals surface area contributed by atoms with Crippen molar-refractivity contribution in [1.82, 2.24) is 44.8 Å². The number of hydrogen-bond acceptors (Lipinski definition) is 15. The molecule has 5 aromatic rings. The predicted octanol–water partition coefficient (Wildman–Crippen LogP) is 6.94. The van der Waals surface area contributed by atoms with E-state index in [4.69, 9.17) is 32.0 Å². The summed E-state index contributed by atoms with van der Waals surface area (Å²) in [7, 11) is 0. The lowest BCUT2D eigenvalue weighted by atomic mass is 9.80. The normalized spacial score (nSPS) is 20.3. The zero-order valence-electron chi connectivity index (χ0n) is 41.9. The van der Waals surface area contributed by atoms with Crippen molar-refractivity contribution in [1.29, 1.82) is 0 Å². The topological polar surface area (TPSA) is 201 Å². The Morgan fingerprint density at radius 2 is 1.74 bits per heavy atom. The SMILES string of the molecule is Cc1cnn([C@H](C(=O)N2C[C@H](O)C[C@H]2C(=O)NCc2ccc(-c3scnc3C)cc2OC2CCN(C(=O)C3CCN(c4nccc(Sc5cnc(N6CCC(C)(CN)CC6)cn5)c4Cl)CC3)CC2)C(C)C)c1. The number of ether oxygens (including phenoxy) is 1. The van der Waals surface area contributed by atoms with Gasteiger partial charge in [-0.2, -0.15) is 5.10 Å². The first-order chi connectivity index (χ1) is 34.7. The van der Waals surface area contributed by atoms with Crippen LogP contribution in [0.3, 0.4) is 0 Å². The third-order valence-corrected chi connectivity index (χ3v) is 17.4. The Balaban J connectivity index is 0.786. The van der Waals surface area contributed by atoms with Crippen molar-refractivity contribution in [3.8, 4) is 16.2 Å². The van der Waals surface area contributed by atoms with Crippen LogP contribution in [0.2, 0.25) is 5.02 Å². The third-order valence-electron chi connectivity index (χ3n) is 14.9. The summed E-state index contributed by atoms with van der Waals surface area (Å²) < 4.78 is 8.44. The van der Waals surface area contributed by atoms with E-state index in [1.54, 1.807) is 34.6 Å². The number of aromatic nitrogens is 6. The minimum atomic E-state index is -0.835. The van der Waals surface area contributed by atoms with Gasteiger partial charge in [0.2, 0.25) is 17.7 Å². The third kappa shape index (κ3) is 11.5. The van der Waals surface area contributed by atoms with Gasteiger partial charge >= 0.3 is 0 Å². The molecule has 4 aliphatic rings. The second-order valence-electron chi connectivity index (χ2n) is 20.6. The molecular weight excluding hydrogens is 972 g/mol. The van der Waals surface area contributed by atoms with Crippen LogP contribution in [0.4, 0.5) is 11.6 Å². The molecule has 4 saturated heterocycles. The number of nitrogens with zero attached hydrogens (tertiary/aromatic N) is 10. The number of carbonyl (C=O) groups is 3. The summed E-state index contributed by atoms with van der Waals surface area (Å²) in [6.45, 7) is 15.3. The van der Waals surface area contributed by atoms with Crippen molar-refractivity contribution < 1.29 is 24.2 Å². The molecular formula is C52H67ClN12O5S2. The van der Waals surface area contributed by atoms with Crippen molar-refractivity contribution in [2.24, 2.45) is 23.0 Å². The number of rotatable bonds is 15. The molecule has 8 heterocycles. The molecule has 0 saturated carbocycles. The number of aliphatic hydroxyl groups excluding tert-OH is 1. The Labute approximate surface area is 435 Å². The summed E-state index contributed by atoms with van der Waals surface area (Å²) in [6.07, 6.45) is 12.9. The van der Waals surface area contributed by atoms with E-state index in [0.717, 1.165) is 68.9 Å². The molecule has 20 heteroatoms. The number of pyridine rings is 1. The standard InChI is InChI=1S/C52H67ClN12O5S2/c1-32(2)46(65-28-33(3)24-60-65)51(69)64-29-38(66)23-40(64)49(67)58-25-37-7-6-36(47-34(4)59-31-71-47)22-41(37)70-39-11-18-63(19-12-39)50(68)35-9-16-62(17-10-35)48-45(53)42(8-15-55-48)72-44-27-56-43(26-57-44)61-20-13-52(5,30-54)14-21-61/h6-8,15,22,24,26-28,31-32,35,38-40,46,66H,9-14,16-21,23,25,29-30,54H2,1-5H3,(H,58,67)/t38-,40+,46+/m1/s1. The molecule has 0 aliphatic carbocycles. The number of nitrogens with one attached hydrogen (secondary N) is 1. The van der Waals surface area contributed by atoms with E-state index >= 15 is 0 Å². The molecule has 0 spiro atoms. The van der Waals surface area contributed by atoms with Gasteiger partial charge in [-0.25, -0.2) is 19.9 Å². The molecule has 1 aromatic carbocycles. The number of nitrogens with two attached hydrogens (primary N) is 1. The first-order valence-corrected chi connectivity index (χ1v) is 27.3. The smallest absolute Gasteiger partial charge is 0.248 e. The molecule has 4 fully saturated rings. The lowest BCUT2D eigenvalue weighted by molar-refractivity contribution is -0.142. The van der Waals surface area contributed by atoms with Crippen LogP contribution in [-0.2, 0) is 20.9 Å². The lowest BCUT2D eigenvalue weighted by Gasteiger charge is -2.39. The molecule has 0 bridgehead atoms. The van der Waals surface area contributed by atoms with Crippen LogP contribution < -0.4 is 25.6 Å². The highest BCUT2D eigenvalue weighted by Gasteiger charge is 2.43. The van der Waals surface area contributed by atoms with Gasteiger partial charge < -0.3 is 40.5 Å². The quantitative estimate of drug-likeness (QED) is 0.0974. The molecule has 4 N–H and O–H groups in total. The fraction of sp³-hybridized carbons (Fsp3) is 0.538. The molecule has 3 amide bonds. The monoisotopic (exact) mass is 1040 g/mol. The number of aliphatic hydroxyl groups is 1. The van der Waals surface area contributed by atoms with Crippen molar-refractivity contribution >= 4 is 64.1 Å². The molecule has 0 radical (unpaired) electrons.